The van der Waals surface area contributed by atoms with E-state index in [1.54, 1.807) is 0 Å². The molecular weight excluding hydrogens is 304 g/mol. The van der Waals surface area contributed by atoms with E-state index in [0.717, 1.165) is 38.5 Å². The van der Waals surface area contributed by atoms with Crippen LogP contribution in [0.3, 0.4) is 0 Å². The second kappa shape index (κ2) is 10.00. The molecule has 0 bridgehead atoms. The Labute approximate surface area is 145 Å². The second-order valence-electron chi connectivity index (χ2n) is 7.11. The third-order valence-corrected chi connectivity index (χ3v) is 5.10. The Morgan fingerprint density at radius 1 is 1.21 bits per heavy atom. The molecular formula is C20H32O4. The SMILES string of the molecule is CC/C=C\C/C=C\C[C@H](O)[C@H](O)CC[C@H]1C[C@@H]1[C@H]1CCCC(=O)O1. The standard InChI is InChI=1S/C20H32O4/c1-2-3-4-5-6-7-9-17(21)18(22)13-12-15-14-16(15)19-10-8-11-20(23)24-19/h3-4,6-7,15-19,21-22H,2,5,8-14H2,1H3/b4-3-,7-6-/t15-,16-,17-,18+,19+/m0/s1. The zero-order chi connectivity index (χ0) is 17.4. The van der Waals surface area contributed by atoms with Gasteiger partial charge in [-0.1, -0.05) is 31.2 Å². The summed E-state index contributed by atoms with van der Waals surface area (Å²) in [6.45, 7) is 2.10. The van der Waals surface area contributed by atoms with Crippen molar-refractivity contribution in [1.29, 1.82) is 0 Å². The number of carbonyl (C=O) groups excluding carboxylic acids is 1. The Morgan fingerprint density at radius 2 is 2.00 bits per heavy atom. The molecule has 136 valence electrons. The molecule has 2 fully saturated rings. The quantitative estimate of drug-likeness (QED) is 0.473. The molecule has 0 amide bonds. The fraction of sp³-hybridized carbons (Fsp3) is 0.750. The molecule has 1 heterocycles. The molecule has 2 N–H and O–H groups in total. The lowest BCUT2D eigenvalue weighted by molar-refractivity contribution is -0.155. The lowest BCUT2D eigenvalue weighted by atomic mass is 9.99. The maximum absolute atomic E-state index is 11.3. The van der Waals surface area contributed by atoms with Crippen LogP contribution in [0, 0.1) is 11.8 Å². The Balaban J connectivity index is 1.58. The maximum Gasteiger partial charge on any atom is 0.306 e. The largest absolute Gasteiger partial charge is 0.462 e. The van der Waals surface area contributed by atoms with Crippen molar-refractivity contribution in [1.82, 2.24) is 0 Å². The third-order valence-electron chi connectivity index (χ3n) is 5.10. The van der Waals surface area contributed by atoms with E-state index in [-0.39, 0.29) is 12.1 Å². The normalized spacial score (nSPS) is 29.8. The highest BCUT2D eigenvalue weighted by atomic mass is 16.5. The lowest BCUT2D eigenvalue weighted by Gasteiger charge is -2.22. The number of rotatable bonds is 10. The summed E-state index contributed by atoms with van der Waals surface area (Å²) >= 11 is 0. The highest BCUT2D eigenvalue weighted by molar-refractivity contribution is 5.70. The van der Waals surface area contributed by atoms with Crippen molar-refractivity contribution in [2.45, 2.75) is 83.0 Å². The van der Waals surface area contributed by atoms with E-state index in [2.05, 4.69) is 19.1 Å². The van der Waals surface area contributed by atoms with Crippen molar-refractivity contribution in [3.8, 4) is 0 Å². The molecule has 24 heavy (non-hydrogen) atoms. The van der Waals surface area contributed by atoms with Gasteiger partial charge in [-0.2, -0.15) is 0 Å². The molecule has 4 heteroatoms. The Morgan fingerprint density at radius 3 is 2.75 bits per heavy atom. The molecule has 1 saturated heterocycles. The number of aliphatic hydroxyl groups is 2. The number of ether oxygens (including phenoxy) is 1. The first-order valence-corrected chi connectivity index (χ1v) is 9.47. The average Bonchev–Trinajstić information content (AvgIpc) is 3.35. The predicted molar refractivity (Wildman–Crippen MR) is 94.4 cm³/mol. The number of hydrogen-bond donors (Lipinski definition) is 2. The molecule has 0 aromatic carbocycles. The van der Waals surface area contributed by atoms with Crippen LogP contribution in [-0.4, -0.2) is 34.5 Å². The molecule has 0 unspecified atom stereocenters. The molecule has 2 aliphatic rings. The van der Waals surface area contributed by atoms with Crippen molar-refractivity contribution in [2.24, 2.45) is 11.8 Å². The molecule has 1 aliphatic carbocycles. The van der Waals surface area contributed by atoms with Crippen molar-refractivity contribution < 1.29 is 19.7 Å². The first-order valence-electron chi connectivity index (χ1n) is 9.47. The number of allylic oxidation sites excluding steroid dienone is 3. The van der Waals surface area contributed by atoms with E-state index in [1.165, 1.54) is 0 Å². The van der Waals surface area contributed by atoms with Gasteiger partial charge in [-0.25, -0.2) is 0 Å². The molecule has 0 aromatic rings. The number of carbonyl (C=O) groups is 1. The van der Waals surface area contributed by atoms with Crippen molar-refractivity contribution in [3.63, 3.8) is 0 Å². The molecule has 0 spiro atoms. The number of hydrogen-bond acceptors (Lipinski definition) is 4. The fourth-order valence-corrected chi connectivity index (χ4v) is 3.50. The van der Waals surface area contributed by atoms with E-state index in [4.69, 9.17) is 4.74 Å². The van der Waals surface area contributed by atoms with Crippen LogP contribution in [0.15, 0.2) is 24.3 Å². The number of esters is 1. The van der Waals surface area contributed by atoms with Gasteiger partial charge in [-0.3, -0.25) is 4.79 Å². The average molecular weight is 336 g/mol. The number of aliphatic hydroxyl groups excluding tert-OH is 2. The Kier molecular flexibility index (Phi) is 8.00. The Bertz CT molecular complexity index is 443. The maximum atomic E-state index is 11.3. The van der Waals surface area contributed by atoms with Gasteiger partial charge in [0.25, 0.3) is 0 Å². The van der Waals surface area contributed by atoms with Crippen molar-refractivity contribution in [3.05, 3.63) is 24.3 Å². The van der Waals surface area contributed by atoms with Gasteiger partial charge in [-0.15, -0.1) is 0 Å². The monoisotopic (exact) mass is 336 g/mol. The van der Waals surface area contributed by atoms with E-state index in [1.807, 2.05) is 12.2 Å². The van der Waals surface area contributed by atoms with Crippen LogP contribution in [0.2, 0.25) is 0 Å². The first kappa shape index (κ1) is 19.2. The molecule has 0 aromatic heterocycles. The summed E-state index contributed by atoms with van der Waals surface area (Å²) in [6, 6.07) is 0. The van der Waals surface area contributed by atoms with Gasteiger partial charge >= 0.3 is 5.97 Å². The van der Waals surface area contributed by atoms with Crippen LogP contribution >= 0.6 is 0 Å². The van der Waals surface area contributed by atoms with Crippen LogP contribution in [0.25, 0.3) is 0 Å². The van der Waals surface area contributed by atoms with E-state index in [9.17, 15) is 15.0 Å². The van der Waals surface area contributed by atoms with E-state index < -0.39 is 12.2 Å². The van der Waals surface area contributed by atoms with E-state index >= 15 is 0 Å². The molecule has 2 rings (SSSR count). The summed E-state index contributed by atoms with van der Waals surface area (Å²) in [5.74, 6) is 0.953. The molecule has 1 aliphatic heterocycles. The minimum atomic E-state index is -0.693. The molecule has 0 radical (unpaired) electrons. The van der Waals surface area contributed by atoms with Gasteiger partial charge in [0.15, 0.2) is 0 Å². The Hall–Kier alpha value is -1.13. The van der Waals surface area contributed by atoms with Gasteiger partial charge in [0, 0.05) is 6.42 Å². The van der Waals surface area contributed by atoms with Crippen molar-refractivity contribution >= 4 is 5.97 Å². The minimum Gasteiger partial charge on any atom is -0.462 e. The van der Waals surface area contributed by atoms with Gasteiger partial charge in [0.05, 0.1) is 12.2 Å². The van der Waals surface area contributed by atoms with E-state index in [0.29, 0.717) is 31.1 Å². The molecule has 5 atom stereocenters. The number of cyclic esters (lactones) is 1. The summed E-state index contributed by atoms with van der Waals surface area (Å²) < 4.78 is 5.42. The van der Waals surface area contributed by atoms with Gasteiger partial charge in [0.2, 0.25) is 0 Å². The van der Waals surface area contributed by atoms with Crippen LogP contribution in [0.4, 0.5) is 0 Å². The fourth-order valence-electron chi connectivity index (χ4n) is 3.50. The zero-order valence-corrected chi connectivity index (χ0v) is 14.8. The minimum absolute atomic E-state index is 0.0621. The first-order chi connectivity index (χ1) is 11.6. The highest BCUT2D eigenvalue weighted by Crippen LogP contribution is 2.47. The van der Waals surface area contributed by atoms with Crippen LogP contribution in [0.1, 0.15) is 64.7 Å². The molecule has 1 saturated carbocycles. The smallest absolute Gasteiger partial charge is 0.306 e. The lowest BCUT2D eigenvalue weighted by Crippen LogP contribution is -2.27. The third kappa shape index (κ3) is 6.40. The van der Waals surface area contributed by atoms with Gasteiger partial charge in [0.1, 0.15) is 6.10 Å². The van der Waals surface area contributed by atoms with Crippen LogP contribution < -0.4 is 0 Å². The zero-order valence-electron chi connectivity index (χ0n) is 14.8. The van der Waals surface area contributed by atoms with Crippen molar-refractivity contribution in [2.75, 3.05) is 0 Å². The highest BCUT2D eigenvalue weighted by Gasteiger charge is 2.45. The summed E-state index contributed by atoms with van der Waals surface area (Å²) in [6.07, 6.45) is 14.4. The summed E-state index contributed by atoms with van der Waals surface area (Å²) in [4.78, 5) is 11.3. The molecule has 4 nitrogen and oxygen atoms in total. The topological polar surface area (TPSA) is 66.8 Å². The van der Waals surface area contributed by atoms with Gasteiger partial charge in [-0.05, 0) is 63.2 Å². The second-order valence-corrected chi connectivity index (χ2v) is 7.11. The van der Waals surface area contributed by atoms with Crippen LogP contribution in [0.5, 0.6) is 0 Å². The summed E-state index contributed by atoms with van der Waals surface area (Å²) in [7, 11) is 0. The summed E-state index contributed by atoms with van der Waals surface area (Å²) in [5.41, 5.74) is 0. The van der Waals surface area contributed by atoms with Gasteiger partial charge < -0.3 is 14.9 Å². The van der Waals surface area contributed by atoms with Crippen LogP contribution in [-0.2, 0) is 9.53 Å². The predicted octanol–water partition coefficient (Wildman–Crippen LogP) is 3.52. The summed E-state index contributed by atoms with van der Waals surface area (Å²) in [5, 5.41) is 20.1.